The van der Waals surface area contributed by atoms with Crippen LogP contribution in [0.1, 0.15) is 5.56 Å². The molecule has 0 aromatic carbocycles. The van der Waals surface area contributed by atoms with E-state index in [1.807, 2.05) is 0 Å². The molecule has 0 fully saturated rings. The van der Waals surface area contributed by atoms with Gasteiger partial charge in [-0.3, -0.25) is 0 Å². The number of aromatic nitrogens is 1. The van der Waals surface area contributed by atoms with E-state index >= 15 is 0 Å². The number of nitrogens with zero attached hydrogens (tertiary/aromatic N) is 1. The number of halogens is 1. The molecule has 1 rings (SSSR count). The monoisotopic (exact) mass is 172 g/mol. The Kier molecular flexibility index (Phi) is 2.54. The minimum atomic E-state index is 0.420. The molecule has 1 aromatic heterocycles. The van der Waals surface area contributed by atoms with Crippen molar-refractivity contribution in [2.24, 2.45) is 0 Å². The van der Waals surface area contributed by atoms with Crippen LogP contribution in [0.5, 0.6) is 5.88 Å². The molecule has 3 nitrogen and oxygen atoms in total. The van der Waals surface area contributed by atoms with Crippen LogP contribution in [-0.2, 0) is 5.88 Å². The van der Waals surface area contributed by atoms with Gasteiger partial charge < -0.3 is 10.5 Å². The SMILES string of the molecule is COc1cc(CCl)cc(N)n1. The van der Waals surface area contributed by atoms with Crippen LogP contribution < -0.4 is 10.5 Å². The lowest BCUT2D eigenvalue weighted by molar-refractivity contribution is 0.398. The zero-order valence-electron chi connectivity index (χ0n) is 6.17. The third-order valence-electron chi connectivity index (χ3n) is 1.24. The highest BCUT2D eigenvalue weighted by Crippen LogP contribution is 2.14. The second-order valence-electron chi connectivity index (χ2n) is 2.08. The van der Waals surface area contributed by atoms with Crippen LogP contribution >= 0.6 is 11.6 Å². The third-order valence-corrected chi connectivity index (χ3v) is 1.55. The maximum atomic E-state index is 5.59. The fraction of sp³-hybridized carbons (Fsp3) is 0.286. The summed E-state index contributed by atoms with van der Waals surface area (Å²) in [6.45, 7) is 0. The number of hydrogen-bond donors (Lipinski definition) is 1. The van der Waals surface area contributed by atoms with Crippen LogP contribution in [-0.4, -0.2) is 12.1 Å². The van der Waals surface area contributed by atoms with E-state index in [0.29, 0.717) is 17.6 Å². The molecule has 11 heavy (non-hydrogen) atoms. The first-order valence-electron chi connectivity index (χ1n) is 3.12. The lowest BCUT2D eigenvalue weighted by atomic mass is 10.3. The Balaban J connectivity index is 3.02. The molecule has 0 aliphatic carbocycles. The van der Waals surface area contributed by atoms with Gasteiger partial charge in [0.2, 0.25) is 5.88 Å². The largest absolute Gasteiger partial charge is 0.481 e. The second-order valence-corrected chi connectivity index (χ2v) is 2.34. The van der Waals surface area contributed by atoms with Gasteiger partial charge in [0, 0.05) is 11.9 Å². The van der Waals surface area contributed by atoms with E-state index in [-0.39, 0.29) is 0 Å². The maximum Gasteiger partial charge on any atom is 0.215 e. The molecule has 1 heterocycles. The molecule has 4 heteroatoms. The van der Waals surface area contributed by atoms with Crippen LogP contribution in [0.25, 0.3) is 0 Å². The topological polar surface area (TPSA) is 48.1 Å². The van der Waals surface area contributed by atoms with Crippen LogP contribution in [0.4, 0.5) is 5.82 Å². The number of methoxy groups -OCH3 is 1. The van der Waals surface area contributed by atoms with Gasteiger partial charge >= 0.3 is 0 Å². The standard InChI is InChI=1S/C7H9ClN2O/c1-11-7-3-5(4-8)2-6(9)10-7/h2-3H,4H2,1H3,(H2,9,10). The number of alkyl halides is 1. The number of nitrogens with two attached hydrogens (primary N) is 1. The zero-order valence-corrected chi connectivity index (χ0v) is 6.93. The zero-order chi connectivity index (χ0) is 8.27. The quantitative estimate of drug-likeness (QED) is 0.687. The fourth-order valence-corrected chi connectivity index (χ4v) is 0.918. The van der Waals surface area contributed by atoms with Crippen molar-refractivity contribution < 1.29 is 4.74 Å². The number of hydrogen-bond acceptors (Lipinski definition) is 3. The molecule has 0 spiro atoms. The Morgan fingerprint density at radius 2 is 2.36 bits per heavy atom. The number of anilines is 1. The van der Waals surface area contributed by atoms with E-state index in [4.69, 9.17) is 22.1 Å². The second kappa shape index (κ2) is 3.44. The minimum absolute atomic E-state index is 0.420. The summed E-state index contributed by atoms with van der Waals surface area (Å²) in [5.41, 5.74) is 6.37. The van der Waals surface area contributed by atoms with Crippen LogP contribution in [0, 0.1) is 0 Å². The Bertz CT molecular complexity index is 230. The maximum absolute atomic E-state index is 5.59. The van der Waals surface area contributed by atoms with E-state index in [1.165, 1.54) is 0 Å². The molecular weight excluding hydrogens is 164 g/mol. The van der Waals surface area contributed by atoms with E-state index < -0.39 is 0 Å². The molecule has 0 bridgehead atoms. The first-order chi connectivity index (χ1) is 5.26. The Morgan fingerprint density at radius 1 is 1.64 bits per heavy atom. The van der Waals surface area contributed by atoms with Crippen molar-refractivity contribution in [3.05, 3.63) is 17.7 Å². The summed E-state index contributed by atoms with van der Waals surface area (Å²) in [5, 5.41) is 0. The van der Waals surface area contributed by atoms with Gasteiger partial charge in [0.1, 0.15) is 5.82 Å². The summed E-state index contributed by atoms with van der Waals surface area (Å²) in [4.78, 5) is 3.90. The lowest BCUT2D eigenvalue weighted by Gasteiger charge is -2.01. The summed E-state index contributed by atoms with van der Waals surface area (Å²) in [5.74, 6) is 1.35. The van der Waals surface area contributed by atoms with Gasteiger partial charge in [-0.1, -0.05) is 0 Å². The normalized spacial score (nSPS) is 9.64. The summed E-state index contributed by atoms with van der Waals surface area (Å²) in [6.07, 6.45) is 0. The van der Waals surface area contributed by atoms with Crippen LogP contribution in [0.3, 0.4) is 0 Å². The smallest absolute Gasteiger partial charge is 0.215 e. The first-order valence-corrected chi connectivity index (χ1v) is 3.66. The molecule has 0 unspecified atom stereocenters. The molecule has 2 N–H and O–H groups in total. The van der Waals surface area contributed by atoms with Gasteiger partial charge in [0.15, 0.2) is 0 Å². The third kappa shape index (κ3) is 1.98. The summed E-state index contributed by atoms with van der Waals surface area (Å²) in [7, 11) is 1.54. The first kappa shape index (κ1) is 8.14. The van der Waals surface area contributed by atoms with Crippen molar-refractivity contribution in [1.82, 2.24) is 4.98 Å². The molecule has 0 aliphatic rings. The molecule has 0 saturated heterocycles. The van der Waals surface area contributed by atoms with Gasteiger partial charge in [-0.2, -0.15) is 4.98 Å². The summed E-state index contributed by atoms with van der Waals surface area (Å²) >= 11 is 5.59. The Hall–Kier alpha value is -0.960. The Labute approximate surface area is 70.1 Å². The summed E-state index contributed by atoms with van der Waals surface area (Å²) in [6, 6.07) is 3.47. The average molecular weight is 173 g/mol. The van der Waals surface area contributed by atoms with E-state index in [2.05, 4.69) is 4.98 Å². The van der Waals surface area contributed by atoms with Gasteiger partial charge in [0.05, 0.1) is 7.11 Å². The highest BCUT2D eigenvalue weighted by molar-refractivity contribution is 6.17. The highest BCUT2D eigenvalue weighted by atomic mass is 35.5. The number of rotatable bonds is 2. The molecule has 0 saturated carbocycles. The predicted molar refractivity (Wildman–Crippen MR) is 44.8 cm³/mol. The molecular formula is C7H9ClN2O. The number of pyridine rings is 1. The Morgan fingerprint density at radius 3 is 2.91 bits per heavy atom. The fourth-order valence-electron chi connectivity index (χ4n) is 0.764. The van der Waals surface area contributed by atoms with Crippen LogP contribution in [0.2, 0.25) is 0 Å². The molecule has 60 valence electrons. The van der Waals surface area contributed by atoms with Gasteiger partial charge in [-0.15, -0.1) is 11.6 Å². The van der Waals surface area contributed by atoms with E-state index in [9.17, 15) is 0 Å². The van der Waals surface area contributed by atoms with Crippen molar-refractivity contribution >= 4 is 17.4 Å². The van der Waals surface area contributed by atoms with Crippen molar-refractivity contribution in [3.63, 3.8) is 0 Å². The van der Waals surface area contributed by atoms with E-state index in [1.54, 1.807) is 19.2 Å². The van der Waals surface area contributed by atoms with Crippen molar-refractivity contribution in [2.45, 2.75) is 5.88 Å². The van der Waals surface area contributed by atoms with Crippen molar-refractivity contribution in [3.8, 4) is 5.88 Å². The molecule has 1 aromatic rings. The highest BCUT2D eigenvalue weighted by Gasteiger charge is 1.98. The molecule has 0 amide bonds. The number of ether oxygens (including phenoxy) is 1. The predicted octanol–water partition coefficient (Wildman–Crippen LogP) is 1.41. The van der Waals surface area contributed by atoms with Crippen LogP contribution in [0.15, 0.2) is 12.1 Å². The molecule has 0 atom stereocenters. The van der Waals surface area contributed by atoms with Gasteiger partial charge in [-0.25, -0.2) is 0 Å². The van der Waals surface area contributed by atoms with Gasteiger partial charge in [-0.05, 0) is 11.6 Å². The van der Waals surface area contributed by atoms with Gasteiger partial charge in [0.25, 0.3) is 0 Å². The van der Waals surface area contributed by atoms with Crippen molar-refractivity contribution in [2.75, 3.05) is 12.8 Å². The average Bonchev–Trinajstić information content (AvgIpc) is 2.03. The number of nitrogen functional groups attached to an aromatic ring is 1. The summed E-state index contributed by atoms with van der Waals surface area (Å²) < 4.78 is 4.89. The lowest BCUT2D eigenvalue weighted by Crippen LogP contribution is -1.95. The van der Waals surface area contributed by atoms with E-state index in [0.717, 1.165) is 5.56 Å². The minimum Gasteiger partial charge on any atom is -0.481 e. The van der Waals surface area contributed by atoms with Crippen molar-refractivity contribution in [1.29, 1.82) is 0 Å². The molecule has 0 radical (unpaired) electrons. The molecule has 0 aliphatic heterocycles.